The summed E-state index contributed by atoms with van der Waals surface area (Å²) < 4.78 is 59.2. The molecule has 1 aliphatic rings. The monoisotopic (exact) mass is 661 g/mol. The minimum Gasteiger partial charge on any atom is -0.462 e. The van der Waals surface area contributed by atoms with Crippen LogP contribution in [0, 0.1) is 0 Å². The fourth-order valence-electron chi connectivity index (χ4n) is 4.52. The third-order valence-corrected chi connectivity index (χ3v) is 8.30. The molecule has 0 bridgehead atoms. The van der Waals surface area contributed by atoms with Crippen molar-refractivity contribution in [2.24, 2.45) is 5.11 Å². The standard InChI is InChI=1S/C28H33FN7O9P/c1-5-22(37)43-23-24(29)28(34-35-31,44-25(23)36-14-13-21(30)32-27(36)39)15-41-46(40,33-17(4)26(38)42-16(2)3)45-20-12-8-10-18-9-6-7-11-19(18)20/h6-14,16-17,23-25H,5,15H2,1-4H3,(H,33,40)(H2,30,32,39)/t17-,23+,24-,25+,28+,46?/m0/s1. The van der Waals surface area contributed by atoms with Gasteiger partial charge in [-0.25, -0.2) is 13.8 Å². The highest BCUT2D eigenvalue weighted by Crippen LogP contribution is 2.50. The topological polar surface area (TPSA) is 219 Å². The van der Waals surface area contributed by atoms with Gasteiger partial charge >= 0.3 is 25.4 Å². The van der Waals surface area contributed by atoms with Crippen molar-refractivity contribution in [2.75, 3.05) is 12.3 Å². The Balaban J connectivity index is 1.73. The van der Waals surface area contributed by atoms with Gasteiger partial charge < -0.3 is 24.5 Å². The minimum absolute atomic E-state index is 0.0764. The van der Waals surface area contributed by atoms with E-state index in [-0.39, 0.29) is 18.0 Å². The first-order valence-corrected chi connectivity index (χ1v) is 15.7. The second-order valence-electron chi connectivity index (χ2n) is 10.5. The zero-order valence-electron chi connectivity index (χ0n) is 25.3. The van der Waals surface area contributed by atoms with E-state index < -0.39 is 68.4 Å². The van der Waals surface area contributed by atoms with Gasteiger partial charge in [-0.1, -0.05) is 48.4 Å². The molecule has 18 heteroatoms. The molecule has 1 aliphatic heterocycles. The summed E-state index contributed by atoms with van der Waals surface area (Å²) >= 11 is 0. The van der Waals surface area contributed by atoms with E-state index in [2.05, 4.69) is 20.1 Å². The lowest BCUT2D eigenvalue weighted by atomic mass is 10.1. The van der Waals surface area contributed by atoms with Gasteiger partial charge in [0, 0.05) is 22.9 Å². The lowest BCUT2D eigenvalue weighted by Gasteiger charge is -2.29. The number of nitrogens with one attached hydrogen (secondary N) is 1. The van der Waals surface area contributed by atoms with E-state index in [9.17, 15) is 24.5 Å². The van der Waals surface area contributed by atoms with Gasteiger partial charge in [-0.05, 0) is 43.8 Å². The van der Waals surface area contributed by atoms with Crippen molar-refractivity contribution in [1.29, 1.82) is 0 Å². The molecule has 1 fully saturated rings. The normalized spacial score (nSPS) is 22.9. The molecule has 0 aliphatic carbocycles. The first kappa shape index (κ1) is 34.3. The van der Waals surface area contributed by atoms with Crippen LogP contribution in [0.5, 0.6) is 5.75 Å². The summed E-state index contributed by atoms with van der Waals surface area (Å²) in [5.74, 6) is -1.73. The van der Waals surface area contributed by atoms with Gasteiger partial charge in [-0.3, -0.25) is 18.7 Å². The van der Waals surface area contributed by atoms with Crippen molar-refractivity contribution in [2.45, 2.75) is 70.5 Å². The Bertz CT molecular complexity index is 1750. The molecule has 0 saturated carbocycles. The van der Waals surface area contributed by atoms with Gasteiger partial charge in [0.15, 0.2) is 18.5 Å². The molecule has 1 aromatic heterocycles. The molecule has 4 rings (SSSR count). The highest BCUT2D eigenvalue weighted by Gasteiger charge is 2.60. The number of hydrogen-bond acceptors (Lipinski definition) is 12. The van der Waals surface area contributed by atoms with E-state index in [1.807, 2.05) is 0 Å². The van der Waals surface area contributed by atoms with Crippen LogP contribution in [-0.2, 0) is 32.9 Å². The van der Waals surface area contributed by atoms with Crippen LogP contribution in [0.25, 0.3) is 21.2 Å². The Hall–Kier alpha value is -4.53. The van der Waals surface area contributed by atoms with Crippen LogP contribution in [-0.4, -0.2) is 58.2 Å². The number of azide groups is 1. The van der Waals surface area contributed by atoms with Crippen LogP contribution in [0.1, 0.15) is 40.3 Å². The molecular formula is C28H33FN7O9P. The SMILES string of the molecule is CCC(=O)O[C@H]1[C@H](n2ccc(N)nc2=O)O[C@@](COP(=O)(N[C@@H](C)C(=O)OC(C)C)Oc2cccc3ccccc23)(N=[N+]=[N-])[C@H]1F. The fourth-order valence-corrected chi connectivity index (χ4v) is 6.06. The maximum absolute atomic E-state index is 16.4. The Kier molecular flexibility index (Phi) is 10.7. The lowest BCUT2D eigenvalue weighted by molar-refractivity contribution is -0.157. The molecular weight excluding hydrogens is 628 g/mol. The van der Waals surface area contributed by atoms with Crippen LogP contribution in [0.4, 0.5) is 10.2 Å². The number of benzene rings is 2. The predicted octanol–water partition coefficient (Wildman–Crippen LogP) is 4.31. The van der Waals surface area contributed by atoms with Gasteiger partial charge in [0.05, 0.1) is 12.7 Å². The van der Waals surface area contributed by atoms with Crippen LogP contribution < -0.4 is 21.0 Å². The number of hydrogen-bond donors (Lipinski definition) is 2. The molecule has 46 heavy (non-hydrogen) atoms. The second kappa shape index (κ2) is 14.3. The summed E-state index contributed by atoms with van der Waals surface area (Å²) in [6.45, 7) is 4.94. The largest absolute Gasteiger partial charge is 0.462 e. The number of rotatable bonds is 13. The summed E-state index contributed by atoms with van der Waals surface area (Å²) in [4.78, 5) is 43.8. The Morgan fingerprint density at radius 3 is 2.63 bits per heavy atom. The van der Waals surface area contributed by atoms with E-state index in [0.29, 0.717) is 5.39 Å². The number of halogens is 1. The van der Waals surface area contributed by atoms with Gasteiger partial charge in [0.1, 0.15) is 17.6 Å². The lowest BCUT2D eigenvalue weighted by Crippen LogP contribution is -2.44. The van der Waals surface area contributed by atoms with Crippen LogP contribution in [0.3, 0.4) is 0 Å². The molecule has 0 radical (unpaired) electrons. The number of ether oxygens (including phenoxy) is 3. The molecule has 0 amide bonds. The third-order valence-electron chi connectivity index (χ3n) is 6.69. The molecule has 2 heterocycles. The average molecular weight is 662 g/mol. The Labute approximate surface area is 262 Å². The molecule has 3 N–H and O–H groups in total. The second-order valence-corrected chi connectivity index (χ2v) is 12.2. The maximum Gasteiger partial charge on any atom is 0.459 e. The van der Waals surface area contributed by atoms with E-state index in [1.54, 1.807) is 50.2 Å². The quantitative estimate of drug-likeness (QED) is 0.0861. The first-order chi connectivity index (χ1) is 21.8. The number of carbonyl (C=O) groups excluding carboxylic acids is 2. The number of nitrogens with zero attached hydrogens (tertiary/aromatic N) is 5. The molecule has 246 valence electrons. The molecule has 3 aromatic rings. The predicted molar refractivity (Wildman–Crippen MR) is 162 cm³/mol. The Morgan fingerprint density at radius 2 is 1.96 bits per heavy atom. The summed E-state index contributed by atoms with van der Waals surface area (Å²) in [5, 5.41) is 7.20. The number of esters is 2. The molecule has 1 unspecified atom stereocenters. The zero-order chi connectivity index (χ0) is 33.6. The van der Waals surface area contributed by atoms with Gasteiger partial charge in [0.25, 0.3) is 0 Å². The van der Waals surface area contributed by atoms with Crippen molar-refractivity contribution >= 4 is 36.3 Å². The van der Waals surface area contributed by atoms with Crippen molar-refractivity contribution < 1.29 is 41.8 Å². The molecule has 1 saturated heterocycles. The van der Waals surface area contributed by atoms with E-state index >= 15 is 4.39 Å². The number of nitrogens with two attached hydrogens (primary N) is 1. The molecule has 2 aromatic carbocycles. The molecule has 6 atom stereocenters. The smallest absolute Gasteiger partial charge is 0.459 e. The van der Waals surface area contributed by atoms with E-state index in [0.717, 1.165) is 16.2 Å². The number of nitrogen functional groups attached to an aromatic ring is 1. The number of fused-ring (bicyclic) bond motifs is 1. The first-order valence-electron chi connectivity index (χ1n) is 14.1. The number of aromatic nitrogens is 2. The van der Waals surface area contributed by atoms with Crippen LogP contribution in [0.2, 0.25) is 0 Å². The van der Waals surface area contributed by atoms with Crippen molar-refractivity contribution in [3.63, 3.8) is 0 Å². The number of carbonyl (C=O) groups is 2. The summed E-state index contributed by atoms with van der Waals surface area (Å²) in [5.41, 5.74) is 11.4. The van der Waals surface area contributed by atoms with E-state index in [4.69, 9.17) is 29.0 Å². The summed E-state index contributed by atoms with van der Waals surface area (Å²) in [6.07, 6.45) is -5.59. The van der Waals surface area contributed by atoms with Crippen LogP contribution in [0.15, 0.2) is 64.6 Å². The van der Waals surface area contributed by atoms with Crippen LogP contribution >= 0.6 is 7.75 Å². The molecule has 16 nitrogen and oxygen atoms in total. The van der Waals surface area contributed by atoms with Gasteiger partial charge in [-0.15, -0.1) is 0 Å². The van der Waals surface area contributed by atoms with E-state index in [1.165, 1.54) is 26.0 Å². The Morgan fingerprint density at radius 1 is 1.24 bits per heavy atom. The summed E-state index contributed by atoms with van der Waals surface area (Å²) in [7, 11) is -4.69. The fraction of sp³-hybridized carbons (Fsp3) is 0.429. The van der Waals surface area contributed by atoms with Crippen molar-refractivity contribution in [1.82, 2.24) is 14.6 Å². The molecule has 0 spiro atoms. The third kappa shape index (κ3) is 7.63. The zero-order valence-corrected chi connectivity index (χ0v) is 26.2. The highest BCUT2D eigenvalue weighted by atomic mass is 31.2. The highest BCUT2D eigenvalue weighted by molar-refractivity contribution is 7.52. The van der Waals surface area contributed by atoms with Gasteiger partial charge in [-0.2, -0.15) is 10.1 Å². The van der Waals surface area contributed by atoms with Crippen molar-refractivity contribution in [3.05, 3.63) is 75.7 Å². The summed E-state index contributed by atoms with van der Waals surface area (Å²) in [6, 6.07) is 11.9. The average Bonchev–Trinajstić information content (AvgIpc) is 3.26. The number of alkyl halides is 1. The number of anilines is 1. The maximum atomic E-state index is 16.4. The van der Waals surface area contributed by atoms with Gasteiger partial charge in [0.2, 0.25) is 5.72 Å². The minimum atomic E-state index is -4.69. The van der Waals surface area contributed by atoms with Crippen molar-refractivity contribution in [3.8, 4) is 5.75 Å².